The highest BCUT2D eigenvalue weighted by Gasteiger charge is 2.00. The molecule has 1 aromatic rings. The highest BCUT2D eigenvalue weighted by Crippen LogP contribution is 2.07. The predicted molar refractivity (Wildman–Crippen MR) is 50.2 cm³/mol. The predicted octanol–water partition coefficient (Wildman–Crippen LogP) is 1.57. The van der Waals surface area contributed by atoms with Gasteiger partial charge in [0.1, 0.15) is 0 Å². The van der Waals surface area contributed by atoms with E-state index in [1.165, 1.54) is 0 Å². The van der Waals surface area contributed by atoms with E-state index < -0.39 is 0 Å². The topological polar surface area (TPSA) is 29.9 Å². The fraction of sp³-hybridized carbons (Fsp3) is 0.625. The van der Waals surface area contributed by atoms with E-state index in [1.807, 2.05) is 13.1 Å². The van der Waals surface area contributed by atoms with Crippen LogP contribution in [0.4, 0.5) is 0 Å². The summed E-state index contributed by atoms with van der Waals surface area (Å²) in [5.74, 6) is 0. The van der Waals surface area contributed by atoms with Crippen molar-refractivity contribution in [3.05, 3.63) is 16.9 Å². The van der Waals surface area contributed by atoms with Crippen molar-refractivity contribution in [2.24, 2.45) is 7.05 Å². The fourth-order valence-electron chi connectivity index (χ4n) is 1.03. The van der Waals surface area contributed by atoms with Gasteiger partial charge in [-0.3, -0.25) is 4.68 Å². The maximum absolute atomic E-state index is 5.72. The molecule has 0 aliphatic heterocycles. The lowest BCUT2D eigenvalue weighted by Gasteiger charge is -2.02. The number of hydrogen-bond donors (Lipinski definition) is 1. The summed E-state index contributed by atoms with van der Waals surface area (Å²) in [6, 6.07) is 1.88. The van der Waals surface area contributed by atoms with Crippen LogP contribution in [0.1, 0.15) is 19.0 Å². The lowest BCUT2D eigenvalue weighted by Crippen LogP contribution is -2.16. The minimum Gasteiger partial charge on any atom is -0.311 e. The van der Waals surface area contributed by atoms with E-state index >= 15 is 0 Å². The van der Waals surface area contributed by atoms with Crippen LogP contribution in [-0.4, -0.2) is 16.3 Å². The zero-order valence-electron chi connectivity index (χ0n) is 7.47. The molecule has 0 radical (unpaired) electrons. The molecule has 68 valence electrons. The van der Waals surface area contributed by atoms with E-state index in [0.29, 0.717) is 5.15 Å². The molecular formula is C8H14ClN3. The summed E-state index contributed by atoms with van der Waals surface area (Å²) < 4.78 is 1.80. The van der Waals surface area contributed by atoms with Gasteiger partial charge in [-0.05, 0) is 19.0 Å². The molecule has 1 heterocycles. The van der Waals surface area contributed by atoms with Crippen LogP contribution in [0.25, 0.3) is 0 Å². The number of halogens is 1. The molecular weight excluding hydrogens is 174 g/mol. The molecule has 0 aliphatic rings. The normalized spacial score (nSPS) is 10.6. The largest absolute Gasteiger partial charge is 0.311 e. The number of rotatable bonds is 4. The van der Waals surface area contributed by atoms with Gasteiger partial charge in [0, 0.05) is 13.6 Å². The summed E-state index contributed by atoms with van der Waals surface area (Å²) in [5.41, 5.74) is 1.12. The summed E-state index contributed by atoms with van der Waals surface area (Å²) in [5, 5.41) is 7.88. The molecule has 0 bridgehead atoms. The van der Waals surface area contributed by atoms with Crippen LogP contribution in [0.2, 0.25) is 5.15 Å². The average Bonchev–Trinajstić information content (AvgIpc) is 2.31. The number of aromatic nitrogens is 2. The lowest BCUT2D eigenvalue weighted by molar-refractivity contribution is 0.620. The van der Waals surface area contributed by atoms with Crippen LogP contribution in [0, 0.1) is 0 Å². The molecule has 0 aromatic carbocycles. The van der Waals surface area contributed by atoms with E-state index in [-0.39, 0.29) is 0 Å². The summed E-state index contributed by atoms with van der Waals surface area (Å²) in [4.78, 5) is 0. The highest BCUT2D eigenvalue weighted by atomic mass is 35.5. The molecule has 1 N–H and O–H groups in total. The van der Waals surface area contributed by atoms with Crippen molar-refractivity contribution in [3.8, 4) is 0 Å². The van der Waals surface area contributed by atoms with Gasteiger partial charge in [0.2, 0.25) is 0 Å². The molecule has 1 rings (SSSR count). The Balaban J connectivity index is 2.45. The van der Waals surface area contributed by atoms with E-state index in [1.54, 1.807) is 4.68 Å². The van der Waals surface area contributed by atoms with Gasteiger partial charge in [-0.15, -0.1) is 0 Å². The Hall–Kier alpha value is -0.540. The number of nitrogens with zero attached hydrogens (tertiary/aromatic N) is 2. The van der Waals surface area contributed by atoms with Crippen LogP contribution >= 0.6 is 11.6 Å². The van der Waals surface area contributed by atoms with Gasteiger partial charge in [-0.2, -0.15) is 5.10 Å². The highest BCUT2D eigenvalue weighted by molar-refractivity contribution is 6.29. The van der Waals surface area contributed by atoms with Gasteiger partial charge in [-0.1, -0.05) is 18.5 Å². The Morgan fingerprint density at radius 1 is 1.67 bits per heavy atom. The number of nitrogens with one attached hydrogen (secondary N) is 1. The molecule has 0 spiro atoms. The Labute approximate surface area is 77.7 Å². The Morgan fingerprint density at radius 3 is 2.92 bits per heavy atom. The molecule has 12 heavy (non-hydrogen) atoms. The average molecular weight is 188 g/mol. The third-order valence-electron chi connectivity index (χ3n) is 1.68. The second-order valence-corrected chi connectivity index (χ2v) is 3.15. The number of hydrogen-bond acceptors (Lipinski definition) is 2. The minimum absolute atomic E-state index is 0.561. The van der Waals surface area contributed by atoms with Crippen molar-refractivity contribution >= 4 is 11.6 Å². The molecule has 0 fully saturated rings. The quantitative estimate of drug-likeness (QED) is 0.726. The summed E-state index contributed by atoms with van der Waals surface area (Å²) >= 11 is 5.72. The van der Waals surface area contributed by atoms with E-state index in [2.05, 4.69) is 17.3 Å². The van der Waals surface area contributed by atoms with E-state index in [4.69, 9.17) is 11.6 Å². The Kier molecular flexibility index (Phi) is 3.56. The molecule has 0 saturated heterocycles. The van der Waals surface area contributed by atoms with Gasteiger partial charge in [-0.25, -0.2) is 0 Å². The molecule has 0 saturated carbocycles. The molecule has 0 atom stereocenters. The van der Waals surface area contributed by atoms with Crippen LogP contribution in [0.5, 0.6) is 0 Å². The molecule has 1 aromatic heterocycles. The van der Waals surface area contributed by atoms with Gasteiger partial charge < -0.3 is 5.32 Å². The van der Waals surface area contributed by atoms with Crippen LogP contribution < -0.4 is 5.32 Å². The van der Waals surface area contributed by atoms with Crippen LogP contribution in [0.15, 0.2) is 6.07 Å². The molecule has 0 aliphatic carbocycles. The lowest BCUT2D eigenvalue weighted by atomic mass is 10.4. The van der Waals surface area contributed by atoms with E-state index in [0.717, 1.165) is 25.2 Å². The summed E-state index contributed by atoms with van der Waals surface area (Å²) in [6.07, 6.45) is 1.14. The first-order chi connectivity index (χ1) is 5.74. The summed E-state index contributed by atoms with van der Waals surface area (Å²) in [7, 11) is 1.90. The first-order valence-electron chi connectivity index (χ1n) is 4.13. The van der Waals surface area contributed by atoms with Gasteiger partial charge in [0.25, 0.3) is 0 Å². The van der Waals surface area contributed by atoms with Crippen molar-refractivity contribution in [3.63, 3.8) is 0 Å². The minimum atomic E-state index is 0.561. The first-order valence-corrected chi connectivity index (χ1v) is 4.51. The third kappa shape index (κ3) is 2.50. The van der Waals surface area contributed by atoms with Crippen LogP contribution in [-0.2, 0) is 13.6 Å². The van der Waals surface area contributed by atoms with Gasteiger partial charge >= 0.3 is 0 Å². The molecule has 4 heteroatoms. The molecule has 0 unspecified atom stereocenters. The van der Waals surface area contributed by atoms with Gasteiger partial charge in [0.15, 0.2) is 5.15 Å². The SMILES string of the molecule is CCCNCc1cc(Cl)nn1C. The van der Waals surface area contributed by atoms with Crippen LogP contribution in [0.3, 0.4) is 0 Å². The Morgan fingerprint density at radius 2 is 2.42 bits per heavy atom. The van der Waals surface area contributed by atoms with Crippen molar-refractivity contribution in [1.29, 1.82) is 0 Å². The summed E-state index contributed by atoms with van der Waals surface area (Å²) in [6.45, 7) is 4.01. The standard InChI is InChI=1S/C8H14ClN3/c1-3-4-10-6-7-5-8(9)11-12(7)2/h5,10H,3-4,6H2,1-2H3. The molecule has 0 amide bonds. The third-order valence-corrected chi connectivity index (χ3v) is 1.86. The zero-order chi connectivity index (χ0) is 8.97. The maximum Gasteiger partial charge on any atom is 0.151 e. The monoisotopic (exact) mass is 187 g/mol. The molecule has 3 nitrogen and oxygen atoms in total. The first kappa shape index (κ1) is 9.55. The van der Waals surface area contributed by atoms with Crippen molar-refractivity contribution in [2.45, 2.75) is 19.9 Å². The zero-order valence-corrected chi connectivity index (χ0v) is 8.23. The van der Waals surface area contributed by atoms with Crippen molar-refractivity contribution in [1.82, 2.24) is 15.1 Å². The van der Waals surface area contributed by atoms with E-state index in [9.17, 15) is 0 Å². The second-order valence-electron chi connectivity index (χ2n) is 2.76. The Bertz CT molecular complexity index is 244. The fourth-order valence-corrected chi connectivity index (χ4v) is 1.27. The van der Waals surface area contributed by atoms with Crippen molar-refractivity contribution < 1.29 is 0 Å². The smallest absolute Gasteiger partial charge is 0.151 e. The van der Waals surface area contributed by atoms with Crippen molar-refractivity contribution in [2.75, 3.05) is 6.54 Å². The maximum atomic E-state index is 5.72. The van der Waals surface area contributed by atoms with Gasteiger partial charge in [0.05, 0.1) is 5.69 Å². The second kappa shape index (κ2) is 4.48. The number of aryl methyl sites for hydroxylation is 1.